The predicted octanol–water partition coefficient (Wildman–Crippen LogP) is 6.79. The van der Waals surface area contributed by atoms with E-state index < -0.39 is 16.6 Å². The summed E-state index contributed by atoms with van der Waals surface area (Å²) in [5, 5.41) is 0. The van der Waals surface area contributed by atoms with E-state index in [-0.39, 0.29) is 0 Å². The van der Waals surface area contributed by atoms with Gasteiger partial charge in [0.1, 0.15) is 0 Å². The molecule has 1 nitrogen and oxygen atoms in total. The number of rotatable bonds is 7. The molecule has 0 radical (unpaired) electrons. The summed E-state index contributed by atoms with van der Waals surface area (Å²) in [6, 6.07) is 8.71. The molecule has 0 bridgehead atoms. The molecule has 3 heteroatoms. The van der Waals surface area contributed by atoms with E-state index in [4.69, 9.17) is 4.12 Å². The van der Waals surface area contributed by atoms with Gasteiger partial charge in [0.2, 0.25) is 0 Å². The molecule has 128 valence electrons. The number of aryl methyl sites for hydroxylation is 2. The van der Waals surface area contributed by atoms with Crippen molar-refractivity contribution in [3.8, 4) is 0 Å². The first-order valence-electron chi connectivity index (χ1n) is 8.80. The van der Waals surface area contributed by atoms with Crippen molar-refractivity contribution in [1.82, 2.24) is 0 Å². The first kappa shape index (κ1) is 21.6. The van der Waals surface area contributed by atoms with Gasteiger partial charge in [-0.05, 0) is 70.2 Å². The molecule has 1 aromatic carbocycles. The van der Waals surface area contributed by atoms with Crippen molar-refractivity contribution in [2.75, 3.05) is 0 Å². The summed E-state index contributed by atoms with van der Waals surface area (Å²) in [6.07, 6.45) is 6.69. The van der Waals surface area contributed by atoms with Gasteiger partial charge in [-0.25, -0.2) is 0 Å². The molecule has 1 aromatic rings. The zero-order chi connectivity index (χ0) is 17.2. The lowest BCUT2D eigenvalue weighted by Gasteiger charge is -2.27. The molecule has 0 fully saturated rings. The minimum atomic E-state index is -1.23. The van der Waals surface area contributed by atoms with Crippen molar-refractivity contribution >= 4 is 16.6 Å². The molecule has 0 saturated heterocycles. The average Bonchev–Trinajstić information content (AvgIpc) is 2.33. The maximum Gasteiger partial charge on any atom is 0.170 e. The standard InChI is InChI=1S/C13H20.C6H18OSi2/c1-3-4-5-6-10-13-11-8-7-9-12(13)2;1-8(2,3)7-9(4,5)6/h7-9,11H,3-6,10H2,1-2H3;1-6H3. The topological polar surface area (TPSA) is 9.23 Å². The third kappa shape index (κ3) is 13.3. The van der Waals surface area contributed by atoms with Crippen LogP contribution in [-0.2, 0) is 10.5 Å². The van der Waals surface area contributed by atoms with Gasteiger partial charge in [0.05, 0.1) is 0 Å². The van der Waals surface area contributed by atoms with Gasteiger partial charge in [-0.3, -0.25) is 0 Å². The smallest absolute Gasteiger partial charge is 0.170 e. The van der Waals surface area contributed by atoms with Crippen molar-refractivity contribution in [3.05, 3.63) is 35.4 Å². The Morgan fingerprint density at radius 2 is 1.36 bits per heavy atom. The maximum atomic E-state index is 5.90. The highest BCUT2D eigenvalue weighted by Gasteiger charge is 2.24. The van der Waals surface area contributed by atoms with Crippen LogP contribution in [-0.4, -0.2) is 16.6 Å². The van der Waals surface area contributed by atoms with E-state index in [1.807, 2.05) is 0 Å². The van der Waals surface area contributed by atoms with Crippen LogP contribution in [0.5, 0.6) is 0 Å². The van der Waals surface area contributed by atoms with E-state index in [9.17, 15) is 0 Å². The number of hydrogen-bond acceptors (Lipinski definition) is 1. The summed E-state index contributed by atoms with van der Waals surface area (Å²) in [7, 11) is -2.46. The predicted molar refractivity (Wildman–Crippen MR) is 107 cm³/mol. The van der Waals surface area contributed by atoms with E-state index >= 15 is 0 Å². The van der Waals surface area contributed by atoms with Crippen molar-refractivity contribution in [3.63, 3.8) is 0 Å². The molecular formula is C19H38OSi2. The quantitative estimate of drug-likeness (QED) is 0.393. The Morgan fingerprint density at radius 3 is 1.77 bits per heavy atom. The van der Waals surface area contributed by atoms with E-state index in [0.717, 1.165) is 0 Å². The van der Waals surface area contributed by atoms with Gasteiger partial charge in [0, 0.05) is 0 Å². The lowest BCUT2D eigenvalue weighted by Crippen LogP contribution is -2.39. The third-order valence-corrected chi connectivity index (χ3v) is 8.07. The highest BCUT2D eigenvalue weighted by molar-refractivity contribution is 6.83. The summed E-state index contributed by atoms with van der Waals surface area (Å²) >= 11 is 0. The molecule has 0 unspecified atom stereocenters. The Kier molecular flexibility index (Phi) is 10.2. The van der Waals surface area contributed by atoms with Crippen molar-refractivity contribution in [1.29, 1.82) is 0 Å². The van der Waals surface area contributed by atoms with Crippen LogP contribution in [0.4, 0.5) is 0 Å². The number of hydrogen-bond donors (Lipinski definition) is 0. The second-order valence-electron chi connectivity index (χ2n) is 8.06. The average molecular weight is 339 g/mol. The number of unbranched alkanes of at least 4 members (excludes halogenated alkanes) is 3. The molecule has 0 saturated carbocycles. The van der Waals surface area contributed by atoms with Crippen LogP contribution in [0.3, 0.4) is 0 Å². The Balaban J connectivity index is 0.000000433. The molecule has 0 aromatic heterocycles. The summed E-state index contributed by atoms with van der Waals surface area (Å²) in [4.78, 5) is 0. The highest BCUT2D eigenvalue weighted by Crippen LogP contribution is 2.13. The zero-order valence-electron chi connectivity index (χ0n) is 16.3. The molecule has 1 rings (SSSR count). The minimum Gasteiger partial charge on any atom is -0.456 e. The lowest BCUT2D eigenvalue weighted by molar-refractivity contribution is 0.559. The van der Waals surface area contributed by atoms with Gasteiger partial charge < -0.3 is 4.12 Å². The summed E-state index contributed by atoms with van der Waals surface area (Å²) in [5.41, 5.74) is 2.97. The van der Waals surface area contributed by atoms with E-state index in [1.54, 1.807) is 0 Å². The van der Waals surface area contributed by atoms with Gasteiger partial charge in [-0.15, -0.1) is 0 Å². The fraction of sp³-hybridized carbons (Fsp3) is 0.684. The first-order chi connectivity index (χ1) is 10.0. The second-order valence-corrected chi connectivity index (χ2v) is 17.3. The molecular weight excluding hydrogens is 300 g/mol. The normalized spacial score (nSPS) is 11.8. The molecule has 0 atom stereocenters. The fourth-order valence-corrected chi connectivity index (χ4v) is 9.90. The maximum absolute atomic E-state index is 5.90. The monoisotopic (exact) mass is 338 g/mol. The van der Waals surface area contributed by atoms with E-state index in [2.05, 4.69) is 77.4 Å². The van der Waals surface area contributed by atoms with Crippen LogP contribution in [0.15, 0.2) is 24.3 Å². The SMILES string of the molecule is CCCCCCc1ccccc1C.C[Si](C)(C)O[Si](C)(C)C. The van der Waals surface area contributed by atoms with Crippen molar-refractivity contribution < 1.29 is 4.12 Å². The highest BCUT2D eigenvalue weighted by atomic mass is 28.4. The Labute approximate surface area is 141 Å². The summed E-state index contributed by atoms with van der Waals surface area (Å²) in [6.45, 7) is 17.9. The van der Waals surface area contributed by atoms with Crippen LogP contribution < -0.4 is 0 Å². The molecule has 0 amide bonds. The van der Waals surface area contributed by atoms with Crippen LogP contribution in [0.1, 0.15) is 43.7 Å². The molecule has 0 spiro atoms. The van der Waals surface area contributed by atoms with Crippen LogP contribution >= 0.6 is 0 Å². The van der Waals surface area contributed by atoms with Gasteiger partial charge in [0.25, 0.3) is 0 Å². The molecule has 0 aliphatic carbocycles. The van der Waals surface area contributed by atoms with E-state index in [0.29, 0.717) is 0 Å². The molecule has 0 N–H and O–H groups in total. The molecule has 22 heavy (non-hydrogen) atoms. The second kappa shape index (κ2) is 10.4. The van der Waals surface area contributed by atoms with Crippen LogP contribution in [0, 0.1) is 6.92 Å². The summed E-state index contributed by atoms with van der Waals surface area (Å²) < 4.78 is 5.90. The van der Waals surface area contributed by atoms with Crippen LogP contribution in [0.2, 0.25) is 39.3 Å². The lowest BCUT2D eigenvalue weighted by atomic mass is 10.0. The molecule has 0 aliphatic rings. The van der Waals surface area contributed by atoms with Crippen molar-refractivity contribution in [2.24, 2.45) is 0 Å². The Hall–Kier alpha value is -0.386. The molecule has 0 heterocycles. The largest absolute Gasteiger partial charge is 0.456 e. The zero-order valence-corrected chi connectivity index (χ0v) is 18.3. The fourth-order valence-electron chi connectivity index (χ4n) is 2.55. The van der Waals surface area contributed by atoms with E-state index in [1.165, 1.54) is 43.2 Å². The first-order valence-corrected chi connectivity index (χ1v) is 15.6. The summed E-state index contributed by atoms with van der Waals surface area (Å²) in [5.74, 6) is 0. The van der Waals surface area contributed by atoms with Gasteiger partial charge >= 0.3 is 0 Å². The van der Waals surface area contributed by atoms with Gasteiger partial charge in [-0.2, -0.15) is 0 Å². The van der Waals surface area contributed by atoms with Gasteiger partial charge in [0.15, 0.2) is 16.6 Å². The van der Waals surface area contributed by atoms with Crippen LogP contribution in [0.25, 0.3) is 0 Å². The Morgan fingerprint density at radius 1 is 0.818 bits per heavy atom. The number of benzene rings is 1. The molecule has 0 aliphatic heterocycles. The Bertz CT molecular complexity index is 391. The van der Waals surface area contributed by atoms with Crippen molar-refractivity contribution in [2.45, 2.75) is 85.2 Å². The van der Waals surface area contributed by atoms with Gasteiger partial charge in [-0.1, -0.05) is 50.5 Å². The third-order valence-electron chi connectivity index (χ3n) is 3.17. The minimum absolute atomic E-state index is 1.23.